The molecule has 4 aromatic rings. The molecule has 0 aliphatic carbocycles. The number of aromatic hydroxyl groups is 1. The number of halogens is 2. The number of phenolic OH excluding ortho intramolecular Hbond substituents is 1. The number of hydrogen-bond donors (Lipinski definition) is 2. The number of anilines is 1. The first-order valence-electron chi connectivity index (χ1n) is 10.3. The van der Waals surface area contributed by atoms with E-state index in [0.717, 1.165) is 28.4 Å². The van der Waals surface area contributed by atoms with E-state index in [1.165, 1.54) is 37.4 Å². The van der Waals surface area contributed by atoms with Crippen LogP contribution < -0.4 is 9.64 Å². The Kier molecular flexibility index (Phi) is 5.45. The Bertz CT molecular complexity index is 1490. The van der Waals surface area contributed by atoms with Crippen molar-refractivity contribution in [2.75, 3.05) is 12.0 Å². The Morgan fingerprint density at radius 1 is 1.06 bits per heavy atom. The highest BCUT2D eigenvalue weighted by atomic mass is 32.1. The predicted molar refractivity (Wildman–Crippen MR) is 125 cm³/mol. The molecular weight excluding hydrogens is 478 g/mol. The number of hydrogen-bond acceptors (Lipinski definition) is 7. The molecule has 1 aliphatic rings. The lowest BCUT2D eigenvalue weighted by atomic mass is 9.95. The molecule has 2 N–H and O–H groups in total. The highest BCUT2D eigenvalue weighted by molar-refractivity contribution is 7.22. The number of aliphatic hydroxyl groups is 1. The number of phenols is 1. The van der Waals surface area contributed by atoms with Crippen LogP contribution >= 0.6 is 11.3 Å². The molecule has 7 nitrogen and oxygen atoms in total. The Morgan fingerprint density at radius 3 is 2.49 bits per heavy atom. The molecule has 1 fully saturated rings. The third-order valence-corrected chi connectivity index (χ3v) is 6.64. The molecule has 5 rings (SSSR count). The van der Waals surface area contributed by atoms with Gasteiger partial charge in [0, 0.05) is 11.6 Å². The minimum absolute atomic E-state index is 0.0230. The van der Waals surface area contributed by atoms with E-state index < -0.39 is 35.1 Å². The zero-order valence-electron chi connectivity index (χ0n) is 18.0. The van der Waals surface area contributed by atoms with Gasteiger partial charge in [0.25, 0.3) is 5.78 Å². The first-order chi connectivity index (χ1) is 16.8. The first-order valence-corrected chi connectivity index (χ1v) is 11.1. The van der Waals surface area contributed by atoms with Crippen molar-refractivity contribution in [2.45, 2.75) is 6.04 Å². The zero-order chi connectivity index (χ0) is 24.9. The van der Waals surface area contributed by atoms with Gasteiger partial charge in [0.05, 0.1) is 28.9 Å². The van der Waals surface area contributed by atoms with Crippen LogP contribution in [0.5, 0.6) is 11.5 Å². The number of carbonyl (C=O) groups is 2. The number of aromatic nitrogens is 1. The molecule has 1 saturated heterocycles. The summed E-state index contributed by atoms with van der Waals surface area (Å²) < 4.78 is 33.0. The molecule has 0 saturated carbocycles. The molecular formula is C25H16F2N2O5S. The van der Waals surface area contributed by atoms with E-state index in [2.05, 4.69) is 4.98 Å². The van der Waals surface area contributed by atoms with Gasteiger partial charge in [-0.2, -0.15) is 0 Å². The van der Waals surface area contributed by atoms with Crippen molar-refractivity contribution < 1.29 is 33.3 Å². The van der Waals surface area contributed by atoms with E-state index in [1.54, 1.807) is 18.2 Å². The largest absolute Gasteiger partial charge is 0.508 e. The minimum Gasteiger partial charge on any atom is -0.508 e. The standard InChI is InChI=1S/C25H16F2N2O5S/c1-34-15-4-2-3-13(9-15)22(31)20-21(12-5-7-14(30)8-6-12)29(24(33)23(20)32)25-28-18-10-16(26)17(27)11-19(18)35-25/h2-11,21,30-31H,1H3/b22-20+. The molecule has 1 amide bonds. The molecule has 10 heteroatoms. The van der Waals surface area contributed by atoms with Crippen molar-refractivity contribution in [1.82, 2.24) is 4.98 Å². The number of aliphatic hydroxyl groups excluding tert-OH is 1. The summed E-state index contributed by atoms with van der Waals surface area (Å²) in [6.45, 7) is 0. The molecule has 2 heterocycles. The van der Waals surface area contributed by atoms with Crippen LogP contribution in [0.4, 0.5) is 13.9 Å². The Balaban J connectivity index is 1.73. The van der Waals surface area contributed by atoms with E-state index in [1.807, 2.05) is 0 Å². The van der Waals surface area contributed by atoms with Crippen molar-refractivity contribution >= 4 is 44.1 Å². The molecule has 1 aromatic heterocycles. The van der Waals surface area contributed by atoms with Crippen molar-refractivity contribution in [3.8, 4) is 11.5 Å². The number of ketones is 1. The molecule has 0 spiro atoms. The van der Waals surface area contributed by atoms with Crippen molar-refractivity contribution in [3.05, 3.63) is 89.0 Å². The van der Waals surface area contributed by atoms with Crippen LogP contribution in [0, 0.1) is 11.6 Å². The summed E-state index contributed by atoms with van der Waals surface area (Å²) in [5.74, 6) is -4.12. The summed E-state index contributed by atoms with van der Waals surface area (Å²) in [4.78, 5) is 31.8. The van der Waals surface area contributed by atoms with Crippen LogP contribution in [-0.4, -0.2) is 34.0 Å². The second-order valence-electron chi connectivity index (χ2n) is 7.72. The number of thiazole rings is 1. The number of methoxy groups -OCH3 is 1. The van der Waals surface area contributed by atoms with Crippen LogP contribution in [0.3, 0.4) is 0 Å². The van der Waals surface area contributed by atoms with E-state index in [9.17, 15) is 28.6 Å². The smallest absolute Gasteiger partial charge is 0.301 e. The average molecular weight is 494 g/mol. The van der Waals surface area contributed by atoms with Gasteiger partial charge in [-0.05, 0) is 35.9 Å². The summed E-state index contributed by atoms with van der Waals surface area (Å²) in [5.41, 5.74) is 0.566. The molecule has 3 aromatic carbocycles. The summed E-state index contributed by atoms with van der Waals surface area (Å²) >= 11 is 0.902. The van der Waals surface area contributed by atoms with Crippen LogP contribution in [0.1, 0.15) is 17.2 Å². The molecule has 0 radical (unpaired) electrons. The Labute approximate surface area is 201 Å². The number of Topliss-reactive ketones (excluding diaryl/α,β-unsaturated/α-hetero) is 1. The fourth-order valence-electron chi connectivity index (χ4n) is 3.94. The Morgan fingerprint density at radius 2 is 1.77 bits per heavy atom. The van der Waals surface area contributed by atoms with Gasteiger partial charge < -0.3 is 14.9 Å². The van der Waals surface area contributed by atoms with Crippen molar-refractivity contribution in [3.63, 3.8) is 0 Å². The van der Waals surface area contributed by atoms with Gasteiger partial charge in [-0.15, -0.1) is 0 Å². The van der Waals surface area contributed by atoms with Gasteiger partial charge in [0.1, 0.15) is 17.3 Å². The molecule has 1 atom stereocenters. The maximum atomic E-state index is 13.8. The van der Waals surface area contributed by atoms with Crippen molar-refractivity contribution in [2.24, 2.45) is 0 Å². The third kappa shape index (κ3) is 3.77. The minimum atomic E-state index is -1.11. The van der Waals surface area contributed by atoms with Gasteiger partial charge in [-0.25, -0.2) is 13.8 Å². The maximum absolute atomic E-state index is 13.8. The fraction of sp³-hybridized carbons (Fsp3) is 0.0800. The number of nitrogens with zero attached hydrogens (tertiary/aromatic N) is 2. The normalized spacial score (nSPS) is 17.3. The molecule has 176 valence electrons. The highest BCUT2D eigenvalue weighted by Gasteiger charge is 2.48. The summed E-state index contributed by atoms with van der Waals surface area (Å²) in [7, 11) is 1.45. The van der Waals surface area contributed by atoms with Crippen molar-refractivity contribution in [1.29, 1.82) is 0 Å². The lowest BCUT2D eigenvalue weighted by molar-refractivity contribution is -0.132. The zero-order valence-corrected chi connectivity index (χ0v) is 18.8. The quantitative estimate of drug-likeness (QED) is 0.238. The highest BCUT2D eigenvalue weighted by Crippen LogP contribution is 2.44. The van der Waals surface area contributed by atoms with Crippen LogP contribution in [0.2, 0.25) is 0 Å². The van der Waals surface area contributed by atoms with Gasteiger partial charge in [-0.3, -0.25) is 14.5 Å². The number of amides is 1. The first kappa shape index (κ1) is 22.5. The monoisotopic (exact) mass is 494 g/mol. The molecule has 35 heavy (non-hydrogen) atoms. The number of carbonyl (C=O) groups excluding carboxylic acids is 2. The van der Waals surface area contributed by atoms with Crippen LogP contribution in [0.25, 0.3) is 16.0 Å². The van der Waals surface area contributed by atoms with Gasteiger partial charge in [-0.1, -0.05) is 35.6 Å². The van der Waals surface area contributed by atoms with Gasteiger partial charge in [0.2, 0.25) is 0 Å². The maximum Gasteiger partial charge on any atom is 0.301 e. The van der Waals surface area contributed by atoms with E-state index in [0.29, 0.717) is 11.3 Å². The average Bonchev–Trinajstić information content (AvgIpc) is 3.37. The number of benzene rings is 3. The lowest BCUT2D eigenvalue weighted by Gasteiger charge is -2.23. The third-order valence-electron chi connectivity index (χ3n) is 5.62. The SMILES string of the molecule is COc1cccc(/C(O)=C2\C(=O)C(=O)N(c3nc4cc(F)c(F)cc4s3)C2c2ccc(O)cc2)c1. The predicted octanol–water partition coefficient (Wildman–Crippen LogP) is 4.92. The van der Waals surface area contributed by atoms with E-state index in [-0.39, 0.29) is 32.2 Å². The van der Waals surface area contributed by atoms with Crippen LogP contribution in [-0.2, 0) is 9.59 Å². The Hall–Kier alpha value is -4.31. The topological polar surface area (TPSA) is 100.0 Å². The number of ether oxygens (including phenoxy) is 1. The number of rotatable bonds is 4. The van der Waals surface area contributed by atoms with Gasteiger partial charge in [0.15, 0.2) is 16.8 Å². The summed E-state index contributed by atoms with van der Waals surface area (Å²) in [6, 6.07) is 12.9. The van der Waals surface area contributed by atoms with Crippen LogP contribution in [0.15, 0.2) is 66.2 Å². The molecule has 1 aliphatic heterocycles. The summed E-state index contributed by atoms with van der Waals surface area (Å²) in [5, 5.41) is 20.9. The van der Waals surface area contributed by atoms with Gasteiger partial charge >= 0.3 is 5.91 Å². The van der Waals surface area contributed by atoms with E-state index in [4.69, 9.17) is 4.74 Å². The van der Waals surface area contributed by atoms with E-state index >= 15 is 0 Å². The summed E-state index contributed by atoms with van der Waals surface area (Å²) in [6.07, 6.45) is 0. The fourth-order valence-corrected chi connectivity index (χ4v) is 4.94. The second kappa shape index (κ2) is 8.48. The second-order valence-corrected chi connectivity index (χ2v) is 8.73. The number of fused-ring (bicyclic) bond motifs is 1. The molecule has 0 bridgehead atoms. The molecule has 1 unspecified atom stereocenters. The lowest BCUT2D eigenvalue weighted by Crippen LogP contribution is -2.29.